The van der Waals surface area contributed by atoms with E-state index in [-0.39, 0.29) is 23.7 Å². The van der Waals surface area contributed by atoms with Gasteiger partial charge in [0.1, 0.15) is 0 Å². The number of allylic oxidation sites excluding steroid dienone is 1. The summed E-state index contributed by atoms with van der Waals surface area (Å²) in [4.78, 5) is 0. The molecular weight excluding hydrogens is 420 g/mol. The molecule has 0 aromatic heterocycles. The number of rotatable bonds is 9. The lowest BCUT2D eigenvalue weighted by molar-refractivity contribution is -0.217. The molecule has 0 saturated carbocycles. The molecule has 0 unspecified atom stereocenters. The van der Waals surface area contributed by atoms with Crippen LogP contribution in [0, 0.1) is 23.5 Å². The summed E-state index contributed by atoms with van der Waals surface area (Å²) in [6.45, 7) is 0.738. The Kier molecular flexibility index (Phi) is 9.13. The number of alkyl halides is 2. The van der Waals surface area contributed by atoms with Crippen molar-refractivity contribution in [3.05, 3.63) is 41.5 Å². The number of hydrogen-bond acceptors (Lipinski definition) is 5. The fraction of sp³-hybridized carbons (Fsp3) is 0.636. The molecule has 174 valence electrons. The van der Waals surface area contributed by atoms with E-state index in [0.717, 1.165) is 31.4 Å². The second kappa shape index (κ2) is 11.8. The summed E-state index contributed by atoms with van der Waals surface area (Å²) in [5, 5.41) is 0. The summed E-state index contributed by atoms with van der Waals surface area (Å²) in [6.07, 6.45) is 6.66. The molecule has 5 nitrogen and oxygen atoms in total. The van der Waals surface area contributed by atoms with Gasteiger partial charge in [-0.3, -0.25) is 0 Å². The zero-order valence-electron chi connectivity index (χ0n) is 17.4. The summed E-state index contributed by atoms with van der Waals surface area (Å²) < 4.78 is 78.8. The molecule has 0 spiro atoms. The summed E-state index contributed by atoms with van der Waals surface area (Å²) in [7, 11) is 0. The van der Waals surface area contributed by atoms with Crippen molar-refractivity contribution in [1.82, 2.24) is 0 Å². The van der Waals surface area contributed by atoms with E-state index >= 15 is 0 Å². The fourth-order valence-corrected chi connectivity index (χ4v) is 3.48. The van der Waals surface area contributed by atoms with Gasteiger partial charge in [-0.05, 0) is 31.4 Å². The second-order valence-corrected chi connectivity index (χ2v) is 7.71. The third-order valence-corrected chi connectivity index (χ3v) is 5.13. The first-order valence-corrected chi connectivity index (χ1v) is 10.5. The summed E-state index contributed by atoms with van der Waals surface area (Å²) in [6, 6.07) is 1.75. The third kappa shape index (κ3) is 7.17. The van der Waals surface area contributed by atoms with Crippen LogP contribution in [-0.2, 0) is 18.9 Å². The van der Waals surface area contributed by atoms with Gasteiger partial charge in [-0.1, -0.05) is 25.5 Å². The first-order chi connectivity index (χ1) is 15.0. The van der Waals surface area contributed by atoms with Crippen molar-refractivity contribution in [2.24, 2.45) is 11.8 Å². The lowest BCUT2D eigenvalue weighted by atomic mass is 10.0. The molecule has 0 N–H and O–H groups in total. The molecule has 3 rings (SSSR count). The minimum atomic E-state index is -3.32. The van der Waals surface area contributed by atoms with Crippen molar-refractivity contribution in [1.29, 1.82) is 0 Å². The fourth-order valence-electron chi connectivity index (χ4n) is 3.48. The lowest BCUT2D eigenvalue weighted by Gasteiger charge is -2.32. The zero-order valence-corrected chi connectivity index (χ0v) is 17.4. The van der Waals surface area contributed by atoms with Crippen molar-refractivity contribution in [3.8, 4) is 5.75 Å². The molecule has 2 heterocycles. The summed E-state index contributed by atoms with van der Waals surface area (Å²) in [5.74, 6) is -3.23. The molecule has 2 saturated heterocycles. The average molecular weight is 448 g/mol. The Balaban J connectivity index is 1.40. The minimum Gasteiger partial charge on any atom is -0.429 e. The molecule has 0 aliphatic carbocycles. The van der Waals surface area contributed by atoms with Crippen LogP contribution in [-0.4, -0.2) is 39.3 Å². The Hall–Kier alpha value is -1.68. The predicted octanol–water partition coefficient (Wildman–Crippen LogP) is 5.35. The van der Waals surface area contributed by atoms with E-state index < -0.39 is 30.3 Å². The van der Waals surface area contributed by atoms with Gasteiger partial charge in [0.05, 0.1) is 26.4 Å². The van der Waals surface area contributed by atoms with E-state index in [1.165, 1.54) is 0 Å². The Morgan fingerprint density at radius 1 is 1.00 bits per heavy atom. The maximum atomic E-state index is 13.9. The molecule has 1 aromatic rings. The molecule has 2 fully saturated rings. The Morgan fingerprint density at radius 3 is 2.23 bits per heavy atom. The van der Waals surface area contributed by atoms with Crippen LogP contribution in [0.4, 0.5) is 17.6 Å². The highest BCUT2D eigenvalue weighted by Crippen LogP contribution is 2.32. The van der Waals surface area contributed by atoms with Crippen LogP contribution in [0.1, 0.15) is 44.5 Å². The summed E-state index contributed by atoms with van der Waals surface area (Å²) in [5.41, 5.74) is 0.0659. The Bertz CT molecular complexity index is 691. The van der Waals surface area contributed by atoms with Gasteiger partial charge in [-0.2, -0.15) is 8.78 Å². The molecule has 0 radical (unpaired) electrons. The van der Waals surface area contributed by atoms with Crippen LogP contribution < -0.4 is 4.74 Å². The smallest absolute Gasteiger partial charge is 0.387 e. The quantitative estimate of drug-likeness (QED) is 0.376. The minimum absolute atomic E-state index is 0.0659. The second-order valence-electron chi connectivity index (χ2n) is 7.71. The standard InChI is InChI=1S/C22H28F4O5/c1-2-3-4-5-14-10-27-19(28-11-14)7-6-15-12-29-21(30-13-15)16-8-17(23)20(18(24)9-16)31-22(25)26/h4-5,8-9,14-15,19,21-22H,2-3,6-7,10-13H2,1H3/b5-4+/t14?,15-,19?,21-. The van der Waals surface area contributed by atoms with Gasteiger partial charge in [-0.25, -0.2) is 8.78 Å². The molecule has 9 heteroatoms. The molecule has 2 aliphatic heterocycles. The molecule has 0 atom stereocenters. The van der Waals surface area contributed by atoms with Gasteiger partial charge < -0.3 is 23.7 Å². The first kappa shape index (κ1) is 24.0. The molecule has 2 aliphatic rings. The molecule has 31 heavy (non-hydrogen) atoms. The topological polar surface area (TPSA) is 46.2 Å². The summed E-state index contributed by atoms with van der Waals surface area (Å²) >= 11 is 0. The normalized spacial score (nSPS) is 27.2. The lowest BCUT2D eigenvalue weighted by Crippen LogP contribution is -2.33. The van der Waals surface area contributed by atoms with E-state index in [4.69, 9.17) is 18.9 Å². The Labute approximate surface area is 179 Å². The highest BCUT2D eigenvalue weighted by molar-refractivity contribution is 5.32. The monoisotopic (exact) mass is 448 g/mol. The molecular formula is C22H28F4O5. The van der Waals surface area contributed by atoms with Crippen LogP contribution in [0.15, 0.2) is 24.3 Å². The van der Waals surface area contributed by atoms with Crippen molar-refractivity contribution in [2.45, 2.75) is 51.8 Å². The van der Waals surface area contributed by atoms with E-state index in [1.54, 1.807) is 0 Å². The van der Waals surface area contributed by atoms with Gasteiger partial charge in [-0.15, -0.1) is 0 Å². The van der Waals surface area contributed by atoms with E-state index in [1.807, 2.05) is 0 Å². The highest BCUT2D eigenvalue weighted by Gasteiger charge is 2.28. The Morgan fingerprint density at radius 2 is 1.65 bits per heavy atom. The number of halogens is 4. The van der Waals surface area contributed by atoms with E-state index in [2.05, 4.69) is 23.8 Å². The van der Waals surface area contributed by atoms with Gasteiger partial charge in [0.15, 0.2) is 30.0 Å². The van der Waals surface area contributed by atoms with Gasteiger partial charge >= 0.3 is 6.61 Å². The van der Waals surface area contributed by atoms with Crippen molar-refractivity contribution >= 4 is 0 Å². The molecule has 0 amide bonds. The third-order valence-electron chi connectivity index (χ3n) is 5.13. The highest BCUT2D eigenvalue weighted by atomic mass is 19.3. The first-order valence-electron chi connectivity index (χ1n) is 10.5. The maximum Gasteiger partial charge on any atom is 0.387 e. The average Bonchev–Trinajstić information content (AvgIpc) is 2.76. The van der Waals surface area contributed by atoms with Crippen molar-refractivity contribution < 1.29 is 41.2 Å². The van der Waals surface area contributed by atoms with Crippen molar-refractivity contribution in [3.63, 3.8) is 0 Å². The van der Waals surface area contributed by atoms with Crippen LogP contribution in [0.5, 0.6) is 5.75 Å². The maximum absolute atomic E-state index is 13.9. The van der Waals surface area contributed by atoms with E-state index in [0.29, 0.717) is 32.8 Å². The predicted molar refractivity (Wildman–Crippen MR) is 104 cm³/mol. The largest absolute Gasteiger partial charge is 0.429 e. The van der Waals surface area contributed by atoms with E-state index in [9.17, 15) is 17.6 Å². The molecule has 0 bridgehead atoms. The van der Waals surface area contributed by atoms with Crippen LogP contribution in [0.3, 0.4) is 0 Å². The SMILES string of the molecule is CCC/C=C/C1COC(CC[C@H]2CO[C@H](c3cc(F)c(OC(F)F)c(F)c3)OC2)OC1. The zero-order chi connectivity index (χ0) is 22.2. The van der Waals surface area contributed by atoms with Crippen LogP contribution in [0.2, 0.25) is 0 Å². The number of benzene rings is 1. The number of ether oxygens (including phenoxy) is 5. The van der Waals surface area contributed by atoms with Crippen LogP contribution >= 0.6 is 0 Å². The van der Waals surface area contributed by atoms with Gasteiger partial charge in [0, 0.05) is 17.4 Å². The molecule has 1 aromatic carbocycles. The van der Waals surface area contributed by atoms with Crippen molar-refractivity contribution in [2.75, 3.05) is 26.4 Å². The number of hydrogen-bond donors (Lipinski definition) is 0. The number of unbranched alkanes of at least 4 members (excludes halogenated alkanes) is 1. The van der Waals surface area contributed by atoms with Gasteiger partial charge in [0.2, 0.25) is 0 Å². The van der Waals surface area contributed by atoms with Gasteiger partial charge in [0.25, 0.3) is 0 Å². The van der Waals surface area contributed by atoms with Crippen LogP contribution in [0.25, 0.3) is 0 Å².